The van der Waals surface area contributed by atoms with Crippen molar-refractivity contribution in [3.63, 3.8) is 0 Å². The summed E-state index contributed by atoms with van der Waals surface area (Å²) in [4.78, 5) is 12.4. The summed E-state index contributed by atoms with van der Waals surface area (Å²) in [5.74, 6) is -0.339. The summed E-state index contributed by atoms with van der Waals surface area (Å²) in [7, 11) is -0.482. The standard InChI is InChI=1S/C16H10Cl3NO3S/c1-20-12-5-3-2-4-8(12)14(21)15(16(20)22)24(23)13-7-10(18)9(17)6-11(13)19/h2-7,21H,1H3. The Hall–Kier alpha value is -1.53. The highest BCUT2D eigenvalue weighted by Gasteiger charge is 2.23. The van der Waals surface area contributed by atoms with E-state index in [9.17, 15) is 14.1 Å². The van der Waals surface area contributed by atoms with Gasteiger partial charge in [0, 0.05) is 12.4 Å². The lowest BCUT2D eigenvalue weighted by Gasteiger charge is -2.12. The van der Waals surface area contributed by atoms with Crippen LogP contribution in [0.15, 0.2) is 51.0 Å². The zero-order valence-corrected chi connectivity index (χ0v) is 15.3. The van der Waals surface area contributed by atoms with E-state index < -0.39 is 16.4 Å². The lowest BCUT2D eigenvalue weighted by atomic mass is 10.2. The molecule has 1 unspecified atom stereocenters. The molecule has 1 N–H and O–H groups in total. The number of rotatable bonds is 2. The molecule has 2 aromatic carbocycles. The molecule has 0 fully saturated rings. The maximum absolute atomic E-state index is 12.9. The van der Waals surface area contributed by atoms with Crippen molar-refractivity contribution in [1.29, 1.82) is 0 Å². The first kappa shape index (κ1) is 17.3. The Bertz CT molecular complexity index is 1060. The zero-order chi connectivity index (χ0) is 17.6. The second-order valence-electron chi connectivity index (χ2n) is 5.02. The number of benzene rings is 2. The molecule has 0 spiro atoms. The molecule has 0 aliphatic carbocycles. The average Bonchev–Trinajstić information content (AvgIpc) is 2.56. The monoisotopic (exact) mass is 401 g/mol. The molecule has 1 atom stereocenters. The minimum atomic E-state index is -2.02. The van der Waals surface area contributed by atoms with E-state index in [1.54, 1.807) is 31.3 Å². The van der Waals surface area contributed by atoms with E-state index in [2.05, 4.69) is 0 Å². The van der Waals surface area contributed by atoms with Gasteiger partial charge >= 0.3 is 0 Å². The summed E-state index contributed by atoms with van der Waals surface area (Å²) in [5, 5.41) is 11.4. The van der Waals surface area contributed by atoms with Crippen molar-refractivity contribution < 1.29 is 9.32 Å². The number of para-hydroxylation sites is 1. The van der Waals surface area contributed by atoms with Gasteiger partial charge in [0.2, 0.25) is 0 Å². The van der Waals surface area contributed by atoms with Gasteiger partial charge in [-0.3, -0.25) is 4.79 Å². The lowest BCUT2D eigenvalue weighted by molar-refractivity contribution is 0.463. The number of hydrogen-bond acceptors (Lipinski definition) is 3. The summed E-state index contributed by atoms with van der Waals surface area (Å²) in [6, 6.07) is 9.47. The SMILES string of the molecule is Cn1c(=O)c(S(=O)c2cc(Cl)c(Cl)cc2Cl)c(O)c2ccccc21. The van der Waals surface area contributed by atoms with Crippen LogP contribution < -0.4 is 5.56 Å². The number of aryl methyl sites for hydroxylation is 1. The minimum Gasteiger partial charge on any atom is -0.506 e. The second-order valence-corrected chi connectivity index (χ2v) is 7.63. The number of fused-ring (bicyclic) bond motifs is 1. The van der Waals surface area contributed by atoms with Gasteiger partial charge in [-0.15, -0.1) is 0 Å². The van der Waals surface area contributed by atoms with E-state index in [-0.39, 0.29) is 30.6 Å². The minimum absolute atomic E-state index is 0.0948. The lowest BCUT2D eigenvalue weighted by Crippen LogP contribution is -2.22. The Kier molecular flexibility index (Phi) is 4.62. The highest BCUT2D eigenvalue weighted by Crippen LogP contribution is 2.35. The van der Waals surface area contributed by atoms with E-state index >= 15 is 0 Å². The Balaban J connectivity index is 2.33. The van der Waals surface area contributed by atoms with Crippen molar-refractivity contribution in [2.45, 2.75) is 9.79 Å². The van der Waals surface area contributed by atoms with E-state index in [1.165, 1.54) is 16.7 Å². The molecule has 124 valence electrons. The molecule has 8 heteroatoms. The van der Waals surface area contributed by atoms with Gasteiger partial charge in [0.1, 0.15) is 5.75 Å². The van der Waals surface area contributed by atoms with Crippen LogP contribution in [0.25, 0.3) is 10.9 Å². The normalized spacial score (nSPS) is 12.5. The Morgan fingerprint density at radius 3 is 2.38 bits per heavy atom. The number of aromatic nitrogens is 1. The van der Waals surface area contributed by atoms with Crippen LogP contribution in [0, 0.1) is 0 Å². The molecule has 0 radical (unpaired) electrons. The summed E-state index contributed by atoms with van der Waals surface area (Å²) < 4.78 is 14.2. The van der Waals surface area contributed by atoms with Crippen molar-refractivity contribution in [1.82, 2.24) is 4.57 Å². The van der Waals surface area contributed by atoms with Crippen LogP contribution in [-0.2, 0) is 17.8 Å². The molecule has 0 amide bonds. The van der Waals surface area contributed by atoms with Crippen LogP contribution in [0.2, 0.25) is 15.1 Å². The second kappa shape index (κ2) is 6.41. The average molecular weight is 403 g/mol. The van der Waals surface area contributed by atoms with Gasteiger partial charge < -0.3 is 9.67 Å². The van der Waals surface area contributed by atoms with Crippen molar-refractivity contribution in [3.8, 4) is 5.75 Å². The van der Waals surface area contributed by atoms with Crippen LogP contribution in [0.4, 0.5) is 0 Å². The van der Waals surface area contributed by atoms with E-state index in [4.69, 9.17) is 34.8 Å². The first-order valence-electron chi connectivity index (χ1n) is 6.70. The van der Waals surface area contributed by atoms with E-state index in [1.807, 2.05) is 0 Å². The third-order valence-electron chi connectivity index (χ3n) is 3.59. The predicted molar refractivity (Wildman–Crippen MR) is 97.0 cm³/mol. The largest absolute Gasteiger partial charge is 0.506 e. The summed E-state index contributed by atoms with van der Waals surface area (Å²) >= 11 is 17.9. The van der Waals surface area contributed by atoms with Gasteiger partial charge in [0.15, 0.2) is 4.90 Å². The van der Waals surface area contributed by atoms with Gasteiger partial charge in [-0.25, -0.2) is 4.21 Å². The zero-order valence-electron chi connectivity index (χ0n) is 12.2. The van der Waals surface area contributed by atoms with Crippen molar-refractivity contribution in [2.24, 2.45) is 7.05 Å². The first-order valence-corrected chi connectivity index (χ1v) is 8.98. The molecule has 0 saturated heterocycles. The topological polar surface area (TPSA) is 59.3 Å². The van der Waals surface area contributed by atoms with Gasteiger partial charge in [0.05, 0.1) is 36.3 Å². The third-order valence-corrected chi connectivity index (χ3v) is 6.22. The third kappa shape index (κ3) is 2.71. The number of nitrogens with zero attached hydrogens (tertiary/aromatic N) is 1. The summed E-state index contributed by atoms with van der Waals surface area (Å²) in [6.07, 6.45) is 0. The molecular formula is C16H10Cl3NO3S. The predicted octanol–water partition coefficient (Wildman–Crippen LogP) is 4.37. The fourth-order valence-electron chi connectivity index (χ4n) is 2.38. The molecule has 3 aromatic rings. The highest BCUT2D eigenvalue weighted by molar-refractivity contribution is 7.85. The van der Waals surface area contributed by atoms with Crippen LogP contribution in [0.1, 0.15) is 0 Å². The van der Waals surface area contributed by atoms with E-state index in [0.717, 1.165) is 0 Å². The van der Waals surface area contributed by atoms with Crippen LogP contribution >= 0.6 is 34.8 Å². The van der Waals surface area contributed by atoms with Gasteiger partial charge in [-0.05, 0) is 24.3 Å². The molecular weight excluding hydrogens is 393 g/mol. The van der Waals surface area contributed by atoms with Crippen molar-refractivity contribution in [2.75, 3.05) is 0 Å². The summed E-state index contributed by atoms with van der Waals surface area (Å²) in [5.41, 5.74) is -0.0485. The number of hydrogen-bond donors (Lipinski definition) is 1. The van der Waals surface area contributed by atoms with Gasteiger partial charge in [-0.2, -0.15) is 0 Å². The van der Waals surface area contributed by atoms with Gasteiger partial charge in [0.25, 0.3) is 5.56 Å². The Morgan fingerprint density at radius 2 is 1.67 bits per heavy atom. The van der Waals surface area contributed by atoms with Crippen LogP contribution in [-0.4, -0.2) is 13.9 Å². The van der Waals surface area contributed by atoms with E-state index in [0.29, 0.717) is 10.9 Å². The number of halogens is 3. The maximum atomic E-state index is 12.9. The molecule has 1 heterocycles. The molecule has 3 rings (SSSR count). The Labute approximate surface area is 154 Å². The molecule has 0 bridgehead atoms. The molecule has 1 aromatic heterocycles. The highest BCUT2D eigenvalue weighted by atomic mass is 35.5. The maximum Gasteiger partial charge on any atom is 0.271 e. The fourth-order valence-corrected chi connectivity index (χ4v) is 4.46. The van der Waals surface area contributed by atoms with Crippen LogP contribution in [0.3, 0.4) is 0 Å². The number of pyridine rings is 1. The molecule has 0 saturated carbocycles. The number of aromatic hydroxyl groups is 1. The molecule has 24 heavy (non-hydrogen) atoms. The Morgan fingerprint density at radius 1 is 1.04 bits per heavy atom. The molecule has 4 nitrogen and oxygen atoms in total. The first-order chi connectivity index (χ1) is 11.3. The van der Waals surface area contributed by atoms with Gasteiger partial charge in [-0.1, -0.05) is 46.9 Å². The van der Waals surface area contributed by atoms with Crippen LogP contribution in [0.5, 0.6) is 5.75 Å². The fraction of sp³-hybridized carbons (Fsp3) is 0.0625. The van der Waals surface area contributed by atoms with Crippen molar-refractivity contribution in [3.05, 3.63) is 61.8 Å². The smallest absolute Gasteiger partial charge is 0.271 e. The van der Waals surface area contributed by atoms with Crippen molar-refractivity contribution >= 4 is 56.5 Å². The quantitative estimate of drug-likeness (QED) is 0.648. The molecule has 0 aliphatic heterocycles. The molecule has 0 aliphatic rings. The summed E-state index contributed by atoms with van der Waals surface area (Å²) in [6.45, 7) is 0.